The van der Waals surface area contributed by atoms with Crippen molar-refractivity contribution in [3.05, 3.63) is 59.4 Å². The maximum Gasteiger partial charge on any atom is 0.257 e. The third kappa shape index (κ3) is 3.80. The zero-order valence-corrected chi connectivity index (χ0v) is 14.3. The molecule has 0 saturated carbocycles. The summed E-state index contributed by atoms with van der Waals surface area (Å²) in [4.78, 5) is 13.5. The topological polar surface area (TPSA) is 89.7 Å². The molecule has 25 heavy (non-hydrogen) atoms. The molecule has 1 heterocycles. The molecule has 3 rings (SSSR count). The Morgan fingerprint density at radius 1 is 1.24 bits per heavy atom. The van der Waals surface area contributed by atoms with Crippen molar-refractivity contribution >= 4 is 15.9 Å². The first-order chi connectivity index (χ1) is 11.7. The molecule has 1 saturated heterocycles. The van der Waals surface area contributed by atoms with Gasteiger partial charge in [-0.15, -0.1) is 0 Å². The maximum atomic E-state index is 13.9. The van der Waals surface area contributed by atoms with E-state index in [-0.39, 0.29) is 16.6 Å². The van der Waals surface area contributed by atoms with Gasteiger partial charge in [0.2, 0.25) is 10.0 Å². The second-order valence-electron chi connectivity index (χ2n) is 5.95. The summed E-state index contributed by atoms with van der Waals surface area (Å²) in [6.45, 7) is 2.54. The lowest BCUT2D eigenvalue weighted by Gasteiger charge is -2.39. The number of rotatable bonds is 4. The fourth-order valence-corrected chi connectivity index (χ4v) is 3.12. The number of ether oxygens (including phenoxy) is 1. The van der Waals surface area contributed by atoms with Gasteiger partial charge in [0.1, 0.15) is 17.7 Å². The maximum absolute atomic E-state index is 13.9. The van der Waals surface area contributed by atoms with Gasteiger partial charge >= 0.3 is 0 Å². The minimum absolute atomic E-state index is 0.185. The van der Waals surface area contributed by atoms with Crippen molar-refractivity contribution in [1.82, 2.24) is 4.90 Å². The van der Waals surface area contributed by atoms with Crippen molar-refractivity contribution in [2.45, 2.75) is 17.9 Å². The van der Waals surface area contributed by atoms with Crippen molar-refractivity contribution in [3.8, 4) is 5.75 Å². The number of carbonyl (C=O) groups excluding carboxylic acids is 1. The average molecular weight is 364 g/mol. The zero-order chi connectivity index (χ0) is 18.2. The van der Waals surface area contributed by atoms with Crippen LogP contribution in [0.4, 0.5) is 4.39 Å². The zero-order valence-electron chi connectivity index (χ0n) is 13.5. The summed E-state index contributed by atoms with van der Waals surface area (Å²) in [5.41, 5.74) is 0.743. The van der Waals surface area contributed by atoms with E-state index in [0.717, 1.165) is 23.8 Å². The van der Waals surface area contributed by atoms with E-state index in [9.17, 15) is 17.6 Å². The Balaban J connectivity index is 1.68. The molecule has 8 heteroatoms. The van der Waals surface area contributed by atoms with Crippen molar-refractivity contribution in [3.63, 3.8) is 0 Å². The number of benzene rings is 2. The molecule has 0 spiro atoms. The fraction of sp³-hybridized carbons (Fsp3) is 0.235. The molecule has 0 atom stereocenters. The van der Waals surface area contributed by atoms with E-state index in [1.54, 1.807) is 0 Å². The Kier molecular flexibility index (Phi) is 4.49. The molecule has 1 amide bonds. The number of sulfonamides is 1. The van der Waals surface area contributed by atoms with Crippen molar-refractivity contribution in [2.75, 3.05) is 13.1 Å². The molecule has 2 aromatic rings. The molecule has 0 aliphatic carbocycles. The summed E-state index contributed by atoms with van der Waals surface area (Å²) in [6, 6.07) is 10.5. The molecule has 0 aromatic heterocycles. The molecule has 1 aliphatic rings. The molecule has 0 unspecified atom stereocenters. The highest BCUT2D eigenvalue weighted by molar-refractivity contribution is 7.89. The molecule has 1 aliphatic heterocycles. The molecule has 6 nitrogen and oxygen atoms in total. The number of nitrogens with zero attached hydrogens (tertiary/aromatic N) is 1. The molecule has 2 N–H and O–H groups in total. The monoisotopic (exact) mass is 364 g/mol. The van der Waals surface area contributed by atoms with Gasteiger partial charge in [-0.2, -0.15) is 0 Å². The van der Waals surface area contributed by atoms with Crippen LogP contribution in [0.5, 0.6) is 5.75 Å². The van der Waals surface area contributed by atoms with Crippen LogP contribution in [0.2, 0.25) is 0 Å². The van der Waals surface area contributed by atoms with Crippen molar-refractivity contribution < 1.29 is 22.3 Å². The third-order valence-corrected chi connectivity index (χ3v) is 4.84. The van der Waals surface area contributed by atoms with E-state index >= 15 is 0 Å². The summed E-state index contributed by atoms with van der Waals surface area (Å²) >= 11 is 0. The van der Waals surface area contributed by atoms with Crippen molar-refractivity contribution in [2.24, 2.45) is 5.14 Å². The molecule has 2 aromatic carbocycles. The Morgan fingerprint density at radius 3 is 2.60 bits per heavy atom. The number of hydrogen-bond donors (Lipinski definition) is 1. The van der Waals surface area contributed by atoms with Gasteiger partial charge < -0.3 is 9.64 Å². The Hall–Kier alpha value is -2.45. The fourth-order valence-electron chi connectivity index (χ4n) is 2.58. The van der Waals surface area contributed by atoms with E-state index in [1.807, 2.05) is 31.2 Å². The lowest BCUT2D eigenvalue weighted by molar-refractivity contribution is 0.0174. The quantitative estimate of drug-likeness (QED) is 0.894. The molecular weight excluding hydrogens is 347 g/mol. The van der Waals surface area contributed by atoms with Gasteiger partial charge in [0, 0.05) is 0 Å². The van der Waals surface area contributed by atoms with E-state index in [2.05, 4.69) is 0 Å². The SMILES string of the molecule is Cc1cccc(OC2CN(C(=O)c3cc(S(N)(=O)=O)ccc3F)C2)c1. The lowest BCUT2D eigenvalue weighted by Crippen LogP contribution is -2.56. The molecular formula is C17H17FN2O4S. The second-order valence-corrected chi connectivity index (χ2v) is 7.51. The van der Waals surface area contributed by atoms with Gasteiger partial charge in [-0.1, -0.05) is 12.1 Å². The standard InChI is InChI=1S/C17H17FN2O4S/c1-11-3-2-4-12(7-11)24-13-9-20(10-13)17(21)15-8-14(25(19,22)23)5-6-16(15)18/h2-8,13H,9-10H2,1H3,(H2,19,22,23). The van der Waals surface area contributed by atoms with Gasteiger partial charge in [0.05, 0.1) is 23.5 Å². The lowest BCUT2D eigenvalue weighted by atomic mass is 10.1. The summed E-state index contributed by atoms with van der Waals surface area (Å²) < 4.78 is 42.4. The van der Waals surface area contributed by atoms with Crippen LogP contribution in [0, 0.1) is 12.7 Å². The second kappa shape index (κ2) is 6.45. The number of aryl methyl sites for hydroxylation is 1. The number of nitrogens with two attached hydrogens (primary N) is 1. The van der Waals surface area contributed by atoms with Crippen LogP contribution >= 0.6 is 0 Å². The van der Waals surface area contributed by atoms with Crippen LogP contribution in [-0.4, -0.2) is 38.4 Å². The van der Waals surface area contributed by atoms with Gasteiger partial charge in [-0.3, -0.25) is 4.79 Å². The molecule has 132 valence electrons. The molecule has 0 radical (unpaired) electrons. The van der Waals surface area contributed by atoms with E-state index < -0.39 is 21.7 Å². The van der Waals surface area contributed by atoms with Crippen LogP contribution in [-0.2, 0) is 10.0 Å². The highest BCUT2D eigenvalue weighted by atomic mass is 32.2. The predicted molar refractivity (Wildman–Crippen MR) is 89.3 cm³/mol. The highest BCUT2D eigenvalue weighted by Crippen LogP contribution is 2.22. The van der Waals surface area contributed by atoms with Crippen LogP contribution in [0.3, 0.4) is 0 Å². The van der Waals surface area contributed by atoms with Gasteiger partial charge in [-0.05, 0) is 42.8 Å². The van der Waals surface area contributed by atoms with Gasteiger partial charge in [0.25, 0.3) is 5.91 Å². The van der Waals surface area contributed by atoms with Gasteiger partial charge in [0.15, 0.2) is 0 Å². The molecule has 1 fully saturated rings. The van der Waals surface area contributed by atoms with Crippen LogP contribution in [0.1, 0.15) is 15.9 Å². The van der Waals surface area contributed by atoms with E-state index in [0.29, 0.717) is 18.8 Å². The predicted octanol–water partition coefficient (Wildman–Crippen LogP) is 1.68. The Labute approximate surface area is 145 Å². The van der Waals surface area contributed by atoms with Crippen molar-refractivity contribution in [1.29, 1.82) is 0 Å². The Bertz CT molecular complexity index is 924. The molecule has 0 bridgehead atoms. The third-order valence-electron chi connectivity index (χ3n) is 3.92. The van der Waals surface area contributed by atoms with E-state index in [1.165, 1.54) is 4.90 Å². The minimum Gasteiger partial charge on any atom is -0.487 e. The first-order valence-corrected chi connectivity index (χ1v) is 9.13. The number of primary sulfonamides is 1. The minimum atomic E-state index is -4.01. The Morgan fingerprint density at radius 2 is 1.96 bits per heavy atom. The average Bonchev–Trinajstić information content (AvgIpc) is 2.49. The number of halogens is 1. The number of carbonyl (C=O) groups is 1. The number of hydrogen-bond acceptors (Lipinski definition) is 4. The largest absolute Gasteiger partial charge is 0.487 e. The van der Waals surface area contributed by atoms with Crippen LogP contribution in [0.25, 0.3) is 0 Å². The summed E-state index contributed by atoms with van der Waals surface area (Å²) in [7, 11) is -4.01. The normalized spacial score (nSPS) is 14.9. The number of amides is 1. The summed E-state index contributed by atoms with van der Waals surface area (Å²) in [5.74, 6) is -0.674. The number of likely N-dealkylation sites (tertiary alicyclic amines) is 1. The van der Waals surface area contributed by atoms with E-state index in [4.69, 9.17) is 9.88 Å². The highest BCUT2D eigenvalue weighted by Gasteiger charge is 2.34. The first-order valence-electron chi connectivity index (χ1n) is 7.59. The summed E-state index contributed by atoms with van der Waals surface area (Å²) in [5, 5.41) is 5.02. The van der Waals surface area contributed by atoms with Crippen LogP contribution in [0.15, 0.2) is 47.4 Å². The van der Waals surface area contributed by atoms with Gasteiger partial charge in [-0.25, -0.2) is 17.9 Å². The summed E-state index contributed by atoms with van der Waals surface area (Å²) in [6.07, 6.45) is -0.185. The first kappa shape index (κ1) is 17.4. The smallest absolute Gasteiger partial charge is 0.257 e. The van der Waals surface area contributed by atoms with Crippen LogP contribution < -0.4 is 9.88 Å².